The fraction of sp³-hybridized carbons (Fsp3) is 0.571. The lowest BCUT2D eigenvalue weighted by molar-refractivity contribution is -0.385. The van der Waals surface area contributed by atoms with Crippen molar-refractivity contribution in [2.75, 3.05) is 7.11 Å². The molecule has 0 aliphatic heterocycles. The van der Waals surface area contributed by atoms with E-state index in [0.29, 0.717) is 12.3 Å². The molecule has 7 nitrogen and oxygen atoms in total. The first-order valence-electron chi connectivity index (χ1n) is 7.02. The molecule has 1 atom stereocenters. The molecular weight excluding hydrogens is 308 g/mol. The number of nitro benzene ring substituents is 1. The van der Waals surface area contributed by atoms with Gasteiger partial charge in [0.25, 0.3) is 5.69 Å². The second-order valence-corrected chi connectivity index (χ2v) is 7.27. The summed E-state index contributed by atoms with van der Waals surface area (Å²) in [6, 6.07) is 3.21. The maximum atomic E-state index is 12.4. The Balaban J connectivity index is 2.99. The van der Waals surface area contributed by atoms with E-state index in [0.717, 1.165) is 18.6 Å². The quantitative estimate of drug-likeness (QED) is 0.583. The normalized spacial score (nSPS) is 13.1. The van der Waals surface area contributed by atoms with Crippen LogP contribution in [0.5, 0.6) is 5.75 Å². The van der Waals surface area contributed by atoms with E-state index in [1.807, 2.05) is 0 Å². The maximum absolute atomic E-state index is 12.4. The molecule has 1 aromatic rings. The van der Waals surface area contributed by atoms with Crippen LogP contribution in [0.1, 0.15) is 33.6 Å². The lowest BCUT2D eigenvalue weighted by Gasteiger charge is -2.16. The molecule has 124 valence electrons. The van der Waals surface area contributed by atoms with Crippen LogP contribution in [-0.4, -0.2) is 26.5 Å². The van der Waals surface area contributed by atoms with Crippen LogP contribution >= 0.6 is 0 Å². The van der Waals surface area contributed by atoms with Crippen LogP contribution in [0.2, 0.25) is 0 Å². The van der Waals surface area contributed by atoms with E-state index in [1.54, 1.807) is 6.92 Å². The Hall–Kier alpha value is -1.67. The van der Waals surface area contributed by atoms with Crippen LogP contribution in [0, 0.1) is 16.0 Å². The molecule has 1 aromatic carbocycles. The number of non-ortho nitro benzene ring substituents is 1. The molecule has 0 fully saturated rings. The zero-order chi connectivity index (χ0) is 16.9. The Morgan fingerprint density at radius 2 is 1.91 bits per heavy atom. The highest BCUT2D eigenvalue weighted by Crippen LogP contribution is 2.28. The molecule has 0 spiro atoms. The molecule has 22 heavy (non-hydrogen) atoms. The molecule has 8 heteroatoms. The molecule has 0 saturated carbocycles. The van der Waals surface area contributed by atoms with Gasteiger partial charge in [-0.3, -0.25) is 10.1 Å². The Kier molecular flexibility index (Phi) is 6.31. The van der Waals surface area contributed by atoms with E-state index in [4.69, 9.17) is 4.74 Å². The standard InChI is InChI=1S/C14H22N2O5S/c1-10(2)5-6-11(3)15-22(19,20)14-8-7-12(16(17)18)9-13(14)21-4/h7-11,15H,5-6H2,1-4H3/t11-/m1/s1. The van der Waals surface area contributed by atoms with Gasteiger partial charge in [-0.15, -0.1) is 0 Å². The summed E-state index contributed by atoms with van der Waals surface area (Å²) in [7, 11) is -2.51. The van der Waals surface area contributed by atoms with Gasteiger partial charge in [0.05, 0.1) is 18.1 Å². The number of rotatable bonds is 8. The van der Waals surface area contributed by atoms with E-state index in [1.165, 1.54) is 13.2 Å². The van der Waals surface area contributed by atoms with Crippen molar-refractivity contribution in [1.82, 2.24) is 4.72 Å². The SMILES string of the molecule is COc1cc([N+](=O)[O-])ccc1S(=O)(=O)N[C@H](C)CCC(C)C. The van der Waals surface area contributed by atoms with Gasteiger partial charge < -0.3 is 4.74 Å². The first-order valence-corrected chi connectivity index (χ1v) is 8.50. The van der Waals surface area contributed by atoms with E-state index in [-0.39, 0.29) is 22.4 Å². The maximum Gasteiger partial charge on any atom is 0.273 e. The molecule has 0 aromatic heterocycles. The van der Waals surface area contributed by atoms with Gasteiger partial charge in [-0.1, -0.05) is 13.8 Å². The molecule has 0 heterocycles. The van der Waals surface area contributed by atoms with Crippen molar-refractivity contribution in [2.45, 2.75) is 44.6 Å². The molecule has 1 rings (SSSR count). The molecule has 0 bridgehead atoms. The lowest BCUT2D eigenvalue weighted by atomic mass is 10.1. The molecule has 0 aliphatic carbocycles. The summed E-state index contributed by atoms with van der Waals surface area (Å²) in [4.78, 5) is 10.0. The van der Waals surface area contributed by atoms with Gasteiger partial charge in [0.2, 0.25) is 10.0 Å². The van der Waals surface area contributed by atoms with Crippen molar-refractivity contribution in [3.05, 3.63) is 28.3 Å². The highest BCUT2D eigenvalue weighted by atomic mass is 32.2. The smallest absolute Gasteiger partial charge is 0.273 e. The van der Waals surface area contributed by atoms with Crippen molar-refractivity contribution < 1.29 is 18.1 Å². The van der Waals surface area contributed by atoms with Gasteiger partial charge in [-0.25, -0.2) is 13.1 Å². The topological polar surface area (TPSA) is 98.5 Å². The highest BCUT2D eigenvalue weighted by molar-refractivity contribution is 7.89. The van der Waals surface area contributed by atoms with Crippen LogP contribution in [-0.2, 0) is 10.0 Å². The number of hydrogen-bond donors (Lipinski definition) is 1. The summed E-state index contributed by atoms with van der Waals surface area (Å²) < 4.78 is 32.3. The first kappa shape index (κ1) is 18.4. The van der Waals surface area contributed by atoms with Crippen LogP contribution < -0.4 is 9.46 Å². The summed E-state index contributed by atoms with van der Waals surface area (Å²) in [5.41, 5.74) is -0.219. The van der Waals surface area contributed by atoms with E-state index in [2.05, 4.69) is 18.6 Å². The monoisotopic (exact) mass is 330 g/mol. The summed E-state index contributed by atoms with van der Waals surface area (Å²) in [5, 5.41) is 10.7. The third-order valence-corrected chi connectivity index (χ3v) is 4.81. The molecule has 0 aliphatic rings. The number of sulfonamides is 1. The Morgan fingerprint density at radius 3 is 2.41 bits per heavy atom. The fourth-order valence-electron chi connectivity index (χ4n) is 1.96. The molecule has 1 N–H and O–H groups in total. The van der Waals surface area contributed by atoms with Gasteiger partial charge in [0.15, 0.2) is 0 Å². The summed E-state index contributed by atoms with van der Waals surface area (Å²) >= 11 is 0. The van der Waals surface area contributed by atoms with Gasteiger partial charge in [0, 0.05) is 12.1 Å². The number of nitrogens with one attached hydrogen (secondary N) is 1. The zero-order valence-electron chi connectivity index (χ0n) is 13.2. The number of benzene rings is 1. The third kappa shape index (κ3) is 4.96. The van der Waals surface area contributed by atoms with Crippen LogP contribution in [0.15, 0.2) is 23.1 Å². The fourth-order valence-corrected chi connectivity index (χ4v) is 3.39. The van der Waals surface area contributed by atoms with E-state index < -0.39 is 14.9 Å². The average molecular weight is 330 g/mol. The minimum Gasteiger partial charge on any atom is -0.495 e. The summed E-state index contributed by atoms with van der Waals surface area (Å²) in [6.45, 7) is 5.93. The average Bonchev–Trinajstić information content (AvgIpc) is 2.43. The predicted octanol–water partition coefficient (Wildman–Crippen LogP) is 2.71. The van der Waals surface area contributed by atoms with Crippen LogP contribution in [0.4, 0.5) is 5.69 Å². The second kappa shape index (κ2) is 7.55. The molecule has 0 radical (unpaired) electrons. The van der Waals surface area contributed by atoms with Gasteiger partial charge in [-0.2, -0.15) is 0 Å². The van der Waals surface area contributed by atoms with Gasteiger partial charge in [-0.05, 0) is 31.7 Å². The Labute approximate surface area is 130 Å². The summed E-state index contributed by atoms with van der Waals surface area (Å²) in [6.07, 6.45) is 1.62. The van der Waals surface area contributed by atoms with E-state index >= 15 is 0 Å². The molecule has 0 saturated heterocycles. The van der Waals surface area contributed by atoms with Crippen LogP contribution in [0.25, 0.3) is 0 Å². The second-order valence-electron chi connectivity index (χ2n) is 5.59. The largest absolute Gasteiger partial charge is 0.495 e. The first-order chi connectivity index (χ1) is 10.2. The van der Waals surface area contributed by atoms with Crippen molar-refractivity contribution >= 4 is 15.7 Å². The van der Waals surface area contributed by atoms with Crippen LogP contribution in [0.3, 0.4) is 0 Å². The Morgan fingerprint density at radius 1 is 1.27 bits per heavy atom. The highest BCUT2D eigenvalue weighted by Gasteiger charge is 2.23. The van der Waals surface area contributed by atoms with Crippen molar-refractivity contribution in [3.8, 4) is 5.75 Å². The Bertz CT molecular complexity index is 628. The lowest BCUT2D eigenvalue weighted by Crippen LogP contribution is -2.33. The molecule has 0 amide bonds. The van der Waals surface area contributed by atoms with Crippen molar-refractivity contribution in [1.29, 1.82) is 0 Å². The van der Waals surface area contributed by atoms with Crippen molar-refractivity contribution in [2.24, 2.45) is 5.92 Å². The predicted molar refractivity (Wildman–Crippen MR) is 83.5 cm³/mol. The van der Waals surface area contributed by atoms with Gasteiger partial charge >= 0.3 is 0 Å². The minimum absolute atomic E-state index is 0.0437. The van der Waals surface area contributed by atoms with Crippen molar-refractivity contribution in [3.63, 3.8) is 0 Å². The number of hydrogen-bond acceptors (Lipinski definition) is 5. The third-order valence-electron chi connectivity index (χ3n) is 3.18. The number of nitro groups is 1. The number of nitrogens with zero attached hydrogens (tertiary/aromatic N) is 1. The molecular formula is C14H22N2O5S. The van der Waals surface area contributed by atoms with E-state index in [9.17, 15) is 18.5 Å². The zero-order valence-corrected chi connectivity index (χ0v) is 14.0. The molecule has 0 unspecified atom stereocenters. The van der Waals surface area contributed by atoms with Gasteiger partial charge in [0.1, 0.15) is 10.6 Å². The number of ether oxygens (including phenoxy) is 1. The number of methoxy groups -OCH3 is 1. The minimum atomic E-state index is -3.79. The summed E-state index contributed by atoms with van der Waals surface area (Å²) in [5.74, 6) is 0.443.